The minimum atomic E-state index is -1.05. The van der Waals surface area contributed by atoms with Gasteiger partial charge in [-0.05, 0) is 38.1 Å². The average Bonchev–Trinajstić information content (AvgIpc) is 3.06. The number of rotatable bonds is 5. The second-order valence-electron chi connectivity index (χ2n) is 5.92. The van der Waals surface area contributed by atoms with E-state index in [1.54, 1.807) is 38.1 Å². The van der Waals surface area contributed by atoms with Crippen LogP contribution < -0.4 is 10.1 Å². The Morgan fingerprint density at radius 1 is 1.12 bits per heavy atom. The van der Waals surface area contributed by atoms with E-state index in [0.29, 0.717) is 15.9 Å². The number of aromatic nitrogens is 1. The summed E-state index contributed by atoms with van der Waals surface area (Å²) in [7, 11) is 0. The highest BCUT2D eigenvalue weighted by Gasteiger charge is 2.30. The molecule has 0 saturated heterocycles. The summed E-state index contributed by atoms with van der Waals surface area (Å²) in [4.78, 5) is 17.0. The van der Waals surface area contributed by atoms with Gasteiger partial charge in [-0.15, -0.1) is 11.3 Å². The van der Waals surface area contributed by atoms with E-state index in [4.69, 9.17) is 16.3 Å². The second kappa shape index (κ2) is 7.25. The third-order valence-electron chi connectivity index (χ3n) is 3.53. The summed E-state index contributed by atoms with van der Waals surface area (Å²) < 4.78 is 5.79. The van der Waals surface area contributed by atoms with Crippen LogP contribution in [0.1, 0.15) is 13.8 Å². The van der Waals surface area contributed by atoms with Gasteiger partial charge in [-0.3, -0.25) is 10.1 Å². The molecule has 0 radical (unpaired) electrons. The number of hydrogen-bond donors (Lipinski definition) is 1. The zero-order chi connectivity index (χ0) is 17.9. The number of nitrogens with one attached hydrogen (secondary N) is 1. The molecule has 2 aromatic carbocycles. The van der Waals surface area contributed by atoms with Gasteiger partial charge in [0, 0.05) is 16.0 Å². The van der Waals surface area contributed by atoms with Crippen molar-refractivity contribution in [1.82, 2.24) is 4.98 Å². The second-order valence-corrected chi connectivity index (χ2v) is 7.22. The van der Waals surface area contributed by atoms with Crippen LogP contribution in [-0.4, -0.2) is 16.5 Å². The summed E-state index contributed by atoms with van der Waals surface area (Å²) in [6.45, 7) is 3.42. The molecule has 1 aromatic heterocycles. The zero-order valence-corrected chi connectivity index (χ0v) is 15.4. The Balaban J connectivity index is 1.68. The fourth-order valence-corrected chi connectivity index (χ4v) is 3.00. The Bertz CT molecular complexity index is 861. The molecule has 0 saturated carbocycles. The van der Waals surface area contributed by atoms with Crippen molar-refractivity contribution in [2.45, 2.75) is 19.4 Å². The number of hydrogen-bond acceptors (Lipinski definition) is 4. The molecule has 25 heavy (non-hydrogen) atoms. The topological polar surface area (TPSA) is 51.2 Å². The van der Waals surface area contributed by atoms with Crippen molar-refractivity contribution < 1.29 is 9.53 Å². The molecular weight excluding hydrogens is 356 g/mol. The van der Waals surface area contributed by atoms with E-state index < -0.39 is 5.60 Å². The molecule has 3 aromatic rings. The number of ether oxygens (including phenoxy) is 1. The maximum Gasteiger partial charge on any atom is 0.269 e. The fraction of sp³-hybridized carbons (Fsp3) is 0.158. The number of carbonyl (C=O) groups excluding carboxylic acids is 1. The van der Waals surface area contributed by atoms with E-state index in [0.717, 1.165) is 11.3 Å². The first-order valence-electron chi connectivity index (χ1n) is 7.71. The molecule has 0 aliphatic carbocycles. The number of anilines is 1. The first-order chi connectivity index (χ1) is 11.9. The lowest BCUT2D eigenvalue weighted by atomic mass is 10.1. The molecule has 0 bridgehead atoms. The lowest BCUT2D eigenvalue weighted by Gasteiger charge is -2.24. The summed E-state index contributed by atoms with van der Waals surface area (Å²) in [5, 5.41) is 5.89. The highest BCUT2D eigenvalue weighted by molar-refractivity contribution is 7.14. The quantitative estimate of drug-likeness (QED) is 0.664. The molecule has 0 aliphatic heterocycles. The molecule has 3 rings (SSSR count). The molecule has 0 spiro atoms. The van der Waals surface area contributed by atoms with E-state index in [2.05, 4.69) is 10.3 Å². The largest absolute Gasteiger partial charge is 0.478 e. The standard InChI is InChI=1S/C19H17ClN2O2S/c1-19(2,24-15-10-8-14(20)9-11-15)17(23)22-18-21-16(12-25-18)13-6-4-3-5-7-13/h3-12H,1-2H3,(H,21,22,23). The fourth-order valence-electron chi connectivity index (χ4n) is 2.16. The lowest BCUT2D eigenvalue weighted by molar-refractivity contribution is -0.128. The average molecular weight is 373 g/mol. The Morgan fingerprint density at radius 2 is 1.80 bits per heavy atom. The third kappa shape index (κ3) is 4.38. The van der Waals surface area contributed by atoms with Gasteiger partial charge in [0.05, 0.1) is 5.69 Å². The van der Waals surface area contributed by atoms with E-state index in [9.17, 15) is 4.79 Å². The van der Waals surface area contributed by atoms with Gasteiger partial charge in [0.25, 0.3) is 5.91 Å². The number of benzene rings is 2. The van der Waals surface area contributed by atoms with Gasteiger partial charge in [0.15, 0.2) is 10.7 Å². The molecule has 1 amide bonds. The van der Waals surface area contributed by atoms with Gasteiger partial charge in [0.2, 0.25) is 0 Å². The Morgan fingerprint density at radius 3 is 2.48 bits per heavy atom. The Labute approximate surface area is 155 Å². The van der Waals surface area contributed by atoms with Crippen molar-refractivity contribution in [1.29, 1.82) is 0 Å². The van der Waals surface area contributed by atoms with Crippen molar-refractivity contribution in [3.63, 3.8) is 0 Å². The van der Waals surface area contributed by atoms with Crippen LogP contribution in [0.4, 0.5) is 5.13 Å². The van der Waals surface area contributed by atoms with Gasteiger partial charge >= 0.3 is 0 Å². The molecule has 0 aliphatic rings. The van der Waals surface area contributed by atoms with Crippen molar-refractivity contribution in [3.8, 4) is 17.0 Å². The Kier molecular flexibility index (Phi) is 5.06. The third-order valence-corrected chi connectivity index (χ3v) is 4.54. The molecule has 6 heteroatoms. The van der Waals surface area contributed by atoms with Gasteiger partial charge in [-0.1, -0.05) is 41.9 Å². The number of halogens is 1. The Hall–Kier alpha value is -2.37. The molecule has 1 N–H and O–H groups in total. The first kappa shape index (κ1) is 17.5. The van der Waals surface area contributed by atoms with E-state index in [1.807, 2.05) is 35.7 Å². The summed E-state index contributed by atoms with van der Waals surface area (Å²) >= 11 is 7.24. The van der Waals surface area contributed by atoms with Crippen LogP contribution in [0.25, 0.3) is 11.3 Å². The summed E-state index contributed by atoms with van der Waals surface area (Å²) in [5.41, 5.74) is 0.792. The lowest BCUT2D eigenvalue weighted by Crippen LogP contribution is -2.42. The summed E-state index contributed by atoms with van der Waals surface area (Å²) in [6.07, 6.45) is 0. The van der Waals surface area contributed by atoms with Crippen LogP contribution in [0.3, 0.4) is 0 Å². The van der Waals surface area contributed by atoms with Crippen molar-refractivity contribution in [2.24, 2.45) is 0 Å². The van der Waals surface area contributed by atoms with Crippen LogP contribution in [0.2, 0.25) is 5.02 Å². The maximum atomic E-state index is 12.6. The number of thiazole rings is 1. The van der Waals surface area contributed by atoms with Gasteiger partial charge < -0.3 is 4.74 Å². The van der Waals surface area contributed by atoms with Crippen LogP contribution in [-0.2, 0) is 4.79 Å². The minimum Gasteiger partial charge on any atom is -0.478 e. The van der Waals surface area contributed by atoms with Gasteiger partial charge in [-0.2, -0.15) is 0 Å². The molecule has 0 fully saturated rings. The first-order valence-corrected chi connectivity index (χ1v) is 8.97. The number of amides is 1. The van der Waals surface area contributed by atoms with Gasteiger partial charge in [-0.25, -0.2) is 4.98 Å². The zero-order valence-electron chi connectivity index (χ0n) is 13.8. The van der Waals surface area contributed by atoms with Crippen LogP contribution in [0, 0.1) is 0 Å². The van der Waals surface area contributed by atoms with Crippen molar-refractivity contribution in [2.75, 3.05) is 5.32 Å². The van der Waals surface area contributed by atoms with Gasteiger partial charge in [0.1, 0.15) is 5.75 Å². The summed E-state index contributed by atoms with van der Waals surface area (Å²) in [6, 6.07) is 16.7. The predicted molar refractivity (Wildman–Crippen MR) is 102 cm³/mol. The smallest absolute Gasteiger partial charge is 0.269 e. The SMILES string of the molecule is CC(C)(Oc1ccc(Cl)cc1)C(=O)Nc1nc(-c2ccccc2)cs1. The van der Waals surface area contributed by atoms with Crippen LogP contribution >= 0.6 is 22.9 Å². The van der Waals surface area contributed by atoms with Crippen molar-refractivity contribution >= 4 is 34.0 Å². The number of carbonyl (C=O) groups is 1. The van der Waals surface area contributed by atoms with Crippen LogP contribution in [0.5, 0.6) is 5.75 Å². The molecule has 4 nitrogen and oxygen atoms in total. The highest BCUT2D eigenvalue weighted by Crippen LogP contribution is 2.26. The molecule has 128 valence electrons. The van der Waals surface area contributed by atoms with Crippen molar-refractivity contribution in [3.05, 3.63) is 65.0 Å². The van der Waals surface area contributed by atoms with E-state index >= 15 is 0 Å². The summed E-state index contributed by atoms with van der Waals surface area (Å²) in [5.74, 6) is 0.310. The van der Waals surface area contributed by atoms with E-state index in [-0.39, 0.29) is 5.91 Å². The monoisotopic (exact) mass is 372 g/mol. The molecule has 0 atom stereocenters. The maximum absolute atomic E-state index is 12.6. The molecule has 0 unspecified atom stereocenters. The highest BCUT2D eigenvalue weighted by atomic mass is 35.5. The predicted octanol–water partition coefficient (Wildman–Crippen LogP) is 5.26. The molecular formula is C19H17ClN2O2S. The van der Waals surface area contributed by atoms with Crippen LogP contribution in [0.15, 0.2) is 60.0 Å². The number of nitrogens with zero attached hydrogens (tertiary/aromatic N) is 1. The minimum absolute atomic E-state index is 0.267. The molecule has 1 heterocycles. The normalized spacial score (nSPS) is 11.2. The van der Waals surface area contributed by atoms with E-state index in [1.165, 1.54) is 11.3 Å².